The summed E-state index contributed by atoms with van der Waals surface area (Å²) in [6, 6.07) is 4.23. The molecule has 0 atom stereocenters. The molecule has 1 aliphatic rings. The first kappa shape index (κ1) is 25.6. The molecule has 0 unspecified atom stereocenters. The number of benzene rings is 1. The molecule has 2 N–H and O–H groups in total. The first-order valence-electron chi connectivity index (χ1n) is 12.3. The van der Waals surface area contributed by atoms with Gasteiger partial charge in [-0.2, -0.15) is 0 Å². The molecule has 2 heterocycles. The summed E-state index contributed by atoms with van der Waals surface area (Å²) in [5, 5.41) is 6.92. The summed E-state index contributed by atoms with van der Waals surface area (Å²) in [4.78, 5) is 38.1. The molecule has 8 heteroatoms. The van der Waals surface area contributed by atoms with Crippen LogP contribution in [0.4, 0.5) is 4.79 Å². The van der Waals surface area contributed by atoms with Gasteiger partial charge in [0.2, 0.25) is 11.8 Å². The molecule has 3 amide bonds. The van der Waals surface area contributed by atoms with Gasteiger partial charge in [-0.05, 0) is 62.3 Å². The minimum Gasteiger partial charge on any atom is -0.464 e. The molecule has 3 rings (SSSR count). The first-order valence-corrected chi connectivity index (χ1v) is 12.3. The number of fused-ring (bicyclic) bond motifs is 1. The van der Waals surface area contributed by atoms with Crippen molar-refractivity contribution in [2.24, 2.45) is 0 Å². The number of carbonyl (C=O) groups is 3. The molecule has 0 radical (unpaired) electrons. The van der Waals surface area contributed by atoms with Crippen molar-refractivity contribution in [3.8, 4) is 0 Å². The number of ether oxygens (including phenoxy) is 1. The molecule has 0 aliphatic carbocycles. The third-order valence-electron chi connectivity index (χ3n) is 6.30. The molecule has 0 spiro atoms. The van der Waals surface area contributed by atoms with Gasteiger partial charge in [0.15, 0.2) is 0 Å². The lowest BCUT2D eigenvalue weighted by Crippen LogP contribution is -2.46. The number of nitrogens with zero attached hydrogens (tertiary/aromatic N) is 1. The van der Waals surface area contributed by atoms with Gasteiger partial charge in [-0.3, -0.25) is 9.59 Å². The van der Waals surface area contributed by atoms with Gasteiger partial charge in [0, 0.05) is 43.0 Å². The zero-order valence-corrected chi connectivity index (χ0v) is 20.7. The van der Waals surface area contributed by atoms with E-state index in [0.717, 1.165) is 29.4 Å². The molecule has 0 saturated carbocycles. The smallest absolute Gasteiger partial charge is 0.409 e. The Morgan fingerprint density at radius 1 is 1.18 bits per heavy atom. The maximum Gasteiger partial charge on any atom is 0.409 e. The van der Waals surface area contributed by atoms with Gasteiger partial charge in [-0.1, -0.05) is 13.8 Å². The second-order valence-electron chi connectivity index (χ2n) is 9.28. The third-order valence-corrected chi connectivity index (χ3v) is 6.30. The minimum atomic E-state index is -0.290. The number of furan rings is 1. The number of nitrogens with one attached hydrogen (secondary N) is 2. The van der Waals surface area contributed by atoms with Crippen molar-refractivity contribution in [3.05, 3.63) is 35.1 Å². The van der Waals surface area contributed by atoms with Crippen LogP contribution in [0.25, 0.3) is 11.0 Å². The van der Waals surface area contributed by atoms with Crippen LogP contribution in [-0.4, -0.2) is 55.1 Å². The standard InChI is InChI=1S/C26H37N3O5/c1-5-33-26(32)29-11-8-20(9-12-29)28-24(30)7-6-10-27-25(31)14-19-16-34-23-13-18(4)21(17(2)3)15-22(19)23/h13,15-17,20H,5-12,14H2,1-4H3,(H,27,31)(H,28,30). The monoisotopic (exact) mass is 471 g/mol. The molecule has 2 aromatic rings. The van der Waals surface area contributed by atoms with Crippen LogP contribution in [0, 0.1) is 6.92 Å². The zero-order chi connectivity index (χ0) is 24.7. The quantitative estimate of drug-likeness (QED) is 0.538. The molecule has 1 saturated heterocycles. The number of hydrogen-bond acceptors (Lipinski definition) is 5. The third kappa shape index (κ3) is 6.74. The van der Waals surface area contributed by atoms with Crippen molar-refractivity contribution in [1.29, 1.82) is 0 Å². The summed E-state index contributed by atoms with van der Waals surface area (Å²) < 4.78 is 10.7. The van der Waals surface area contributed by atoms with Crippen LogP contribution >= 0.6 is 0 Å². The van der Waals surface area contributed by atoms with Gasteiger partial charge >= 0.3 is 6.09 Å². The fourth-order valence-electron chi connectivity index (χ4n) is 4.44. The van der Waals surface area contributed by atoms with Crippen LogP contribution in [0.2, 0.25) is 0 Å². The molecule has 186 valence electrons. The van der Waals surface area contributed by atoms with Crippen molar-refractivity contribution < 1.29 is 23.5 Å². The van der Waals surface area contributed by atoms with Crippen molar-refractivity contribution in [2.45, 2.75) is 71.8 Å². The number of rotatable bonds is 9. The van der Waals surface area contributed by atoms with Gasteiger partial charge in [0.05, 0.1) is 19.3 Å². The Kier molecular flexibility index (Phi) is 8.96. The predicted molar refractivity (Wildman–Crippen MR) is 131 cm³/mol. The van der Waals surface area contributed by atoms with Gasteiger partial charge < -0.3 is 24.7 Å². The Balaban J connectivity index is 1.37. The van der Waals surface area contributed by atoms with E-state index in [0.29, 0.717) is 45.0 Å². The molecule has 1 aromatic heterocycles. The number of likely N-dealkylation sites (tertiary alicyclic amines) is 1. The van der Waals surface area contributed by atoms with Crippen LogP contribution in [-0.2, 0) is 20.7 Å². The minimum absolute atomic E-state index is 0.0266. The second kappa shape index (κ2) is 11.9. The topological polar surface area (TPSA) is 101 Å². The van der Waals surface area contributed by atoms with E-state index in [1.54, 1.807) is 18.1 Å². The summed E-state index contributed by atoms with van der Waals surface area (Å²) in [5.74, 6) is 0.291. The van der Waals surface area contributed by atoms with Crippen LogP contribution in [0.1, 0.15) is 69.1 Å². The van der Waals surface area contributed by atoms with E-state index in [2.05, 4.69) is 37.5 Å². The summed E-state index contributed by atoms with van der Waals surface area (Å²) in [6.07, 6.45) is 3.98. The molecule has 1 aromatic carbocycles. The molecule has 0 bridgehead atoms. The van der Waals surface area contributed by atoms with Gasteiger partial charge in [0.25, 0.3) is 0 Å². The summed E-state index contributed by atoms with van der Waals surface area (Å²) in [6.45, 7) is 10.2. The molecule has 1 aliphatic heterocycles. The highest BCUT2D eigenvalue weighted by Crippen LogP contribution is 2.29. The normalized spacial score (nSPS) is 14.4. The Hall–Kier alpha value is -3.03. The Bertz CT molecular complexity index is 1010. The Labute approximate surface area is 201 Å². The zero-order valence-electron chi connectivity index (χ0n) is 20.7. The maximum atomic E-state index is 12.4. The highest BCUT2D eigenvalue weighted by Gasteiger charge is 2.24. The second-order valence-corrected chi connectivity index (χ2v) is 9.28. The van der Waals surface area contributed by atoms with E-state index < -0.39 is 0 Å². The molecular weight excluding hydrogens is 434 g/mol. The van der Waals surface area contributed by atoms with E-state index in [9.17, 15) is 14.4 Å². The van der Waals surface area contributed by atoms with Gasteiger partial charge in [-0.15, -0.1) is 0 Å². The molecular formula is C26H37N3O5. The lowest BCUT2D eigenvalue weighted by Gasteiger charge is -2.31. The maximum absolute atomic E-state index is 12.4. The molecule has 34 heavy (non-hydrogen) atoms. The molecule has 8 nitrogen and oxygen atoms in total. The summed E-state index contributed by atoms with van der Waals surface area (Å²) in [5.41, 5.74) is 4.12. The largest absolute Gasteiger partial charge is 0.464 e. The first-order chi connectivity index (χ1) is 16.3. The lowest BCUT2D eigenvalue weighted by molar-refractivity contribution is -0.123. The van der Waals surface area contributed by atoms with Crippen molar-refractivity contribution in [3.63, 3.8) is 0 Å². The number of piperidine rings is 1. The SMILES string of the molecule is CCOC(=O)N1CCC(NC(=O)CCCNC(=O)Cc2coc3cc(C)c(C(C)C)cc23)CC1. The molecule has 1 fully saturated rings. The van der Waals surface area contributed by atoms with E-state index in [1.807, 2.05) is 6.07 Å². The van der Waals surface area contributed by atoms with E-state index in [-0.39, 0.29) is 30.4 Å². The van der Waals surface area contributed by atoms with Crippen molar-refractivity contribution in [1.82, 2.24) is 15.5 Å². The van der Waals surface area contributed by atoms with Crippen LogP contribution in [0.5, 0.6) is 0 Å². The Morgan fingerprint density at radius 2 is 1.91 bits per heavy atom. The highest BCUT2D eigenvalue weighted by atomic mass is 16.6. The highest BCUT2D eigenvalue weighted by molar-refractivity contribution is 5.88. The van der Waals surface area contributed by atoms with E-state index >= 15 is 0 Å². The van der Waals surface area contributed by atoms with Crippen LogP contribution < -0.4 is 10.6 Å². The lowest BCUT2D eigenvalue weighted by atomic mass is 9.95. The van der Waals surface area contributed by atoms with Crippen LogP contribution in [0.3, 0.4) is 0 Å². The fourth-order valence-corrected chi connectivity index (χ4v) is 4.44. The number of amides is 3. The van der Waals surface area contributed by atoms with E-state index in [1.165, 1.54) is 11.1 Å². The van der Waals surface area contributed by atoms with Crippen molar-refractivity contribution in [2.75, 3.05) is 26.2 Å². The van der Waals surface area contributed by atoms with Gasteiger partial charge in [-0.25, -0.2) is 4.79 Å². The summed E-state index contributed by atoms with van der Waals surface area (Å²) in [7, 11) is 0. The number of aryl methyl sites for hydroxylation is 1. The van der Waals surface area contributed by atoms with E-state index in [4.69, 9.17) is 9.15 Å². The average molecular weight is 472 g/mol. The number of hydrogen-bond donors (Lipinski definition) is 2. The predicted octanol–water partition coefficient (Wildman–Crippen LogP) is 4.04. The fraction of sp³-hybridized carbons (Fsp3) is 0.577. The van der Waals surface area contributed by atoms with Gasteiger partial charge in [0.1, 0.15) is 5.58 Å². The summed E-state index contributed by atoms with van der Waals surface area (Å²) >= 11 is 0. The van der Waals surface area contributed by atoms with Crippen molar-refractivity contribution >= 4 is 28.9 Å². The average Bonchev–Trinajstić information content (AvgIpc) is 3.17. The number of carbonyl (C=O) groups excluding carboxylic acids is 3. The Morgan fingerprint density at radius 3 is 2.59 bits per heavy atom. The van der Waals surface area contributed by atoms with Crippen LogP contribution in [0.15, 0.2) is 22.8 Å².